The maximum atomic E-state index is 12.6. The van der Waals surface area contributed by atoms with Gasteiger partial charge in [-0.25, -0.2) is 0 Å². The van der Waals surface area contributed by atoms with Gasteiger partial charge in [0.15, 0.2) is 6.10 Å². The SMILES string of the molecule is CC[C@H](Oc1ccccc1Cl)C(=O)Nc1ccc(N2CCN(C)CC2)cc1. The molecule has 1 aliphatic heterocycles. The summed E-state index contributed by atoms with van der Waals surface area (Å²) < 4.78 is 5.80. The summed E-state index contributed by atoms with van der Waals surface area (Å²) in [6, 6.07) is 15.2. The first-order valence-electron chi connectivity index (χ1n) is 9.32. The fraction of sp³-hybridized carbons (Fsp3) is 0.381. The third kappa shape index (κ3) is 5.15. The Morgan fingerprint density at radius 3 is 2.41 bits per heavy atom. The summed E-state index contributed by atoms with van der Waals surface area (Å²) in [6.07, 6.45) is -0.0432. The molecule has 2 aromatic rings. The summed E-state index contributed by atoms with van der Waals surface area (Å²) in [7, 11) is 2.14. The topological polar surface area (TPSA) is 44.8 Å². The quantitative estimate of drug-likeness (QED) is 0.816. The van der Waals surface area contributed by atoms with E-state index >= 15 is 0 Å². The Hall–Kier alpha value is -2.24. The Morgan fingerprint density at radius 1 is 1.11 bits per heavy atom. The lowest BCUT2D eigenvalue weighted by Crippen LogP contribution is -2.44. The van der Waals surface area contributed by atoms with Gasteiger partial charge >= 0.3 is 0 Å². The molecule has 1 fully saturated rings. The number of benzene rings is 2. The van der Waals surface area contributed by atoms with Crippen molar-refractivity contribution in [2.45, 2.75) is 19.4 Å². The van der Waals surface area contributed by atoms with E-state index in [0.29, 0.717) is 17.2 Å². The van der Waals surface area contributed by atoms with Crippen molar-refractivity contribution in [1.82, 2.24) is 4.90 Å². The van der Waals surface area contributed by atoms with E-state index in [9.17, 15) is 4.79 Å². The van der Waals surface area contributed by atoms with Gasteiger partial charge in [-0.2, -0.15) is 0 Å². The highest BCUT2D eigenvalue weighted by molar-refractivity contribution is 6.32. The maximum absolute atomic E-state index is 12.6. The van der Waals surface area contributed by atoms with Gasteiger partial charge in [0.1, 0.15) is 5.75 Å². The largest absolute Gasteiger partial charge is 0.479 e. The Labute approximate surface area is 165 Å². The van der Waals surface area contributed by atoms with E-state index in [1.807, 2.05) is 31.2 Å². The molecule has 1 aliphatic rings. The average Bonchev–Trinajstić information content (AvgIpc) is 2.68. The van der Waals surface area contributed by atoms with Gasteiger partial charge in [-0.05, 0) is 49.9 Å². The van der Waals surface area contributed by atoms with Crippen LogP contribution in [0.2, 0.25) is 5.02 Å². The summed E-state index contributed by atoms with van der Waals surface area (Å²) >= 11 is 6.13. The lowest BCUT2D eigenvalue weighted by atomic mass is 10.2. The number of carbonyl (C=O) groups excluding carboxylic acids is 1. The van der Waals surface area contributed by atoms with Gasteiger partial charge in [0.05, 0.1) is 5.02 Å². The second kappa shape index (κ2) is 9.11. The molecule has 0 spiro atoms. The molecule has 5 nitrogen and oxygen atoms in total. The number of nitrogens with one attached hydrogen (secondary N) is 1. The van der Waals surface area contributed by atoms with Crippen LogP contribution in [0, 0.1) is 0 Å². The Morgan fingerprint density at radius 2 is 1.78 bits per heavy atom. The zero-order chi connectivity index (χ0) is 19.2. The summed E-state index contributed by atoms with van der Waals surface area (Å²) in [5.41, 5.74) is 1.94. The smallest absolute Gasteiger partial charge is 0.265 e. The average molecular weight is 388 g/mol. The molecule has 6 heteroatoms. The predicted octanol–water partition coefficient (Wildman–Crippen LogP) is 3.89. The molecule has 27 heavy (non-hydrogen) atoms. The molecule has 0 bridgehead atoms. The minimum absolute atomic E-state index is 0.176. The van der Waals surface area contributed by atoms with E-state index in [4.69, 9.17) is 16.3 Å². The first kappa shape index (κ1) is 19.5. The van der Waals surface area contributed by atoms with E-state index in [2.05, 4.69) is 34.3 Å². The van der Waals surface area contributed by atoms with Gasteiger partial charge in [0.2, 0.25) is 0 Å². The van der Waals surface area contributed by atoms with Crippen molar-refractivity contribution in [3.05, 3.63) is 53.6 Å². The highest BCUT2D eigenvalue weighted by Crippen LogP contribution is 2.25. The number of hydrogen-bond acceptors (Lipinski definition) is 4. The Balaban J connectivity index is 1.60. The van der Waals surface area contributed by atoms with Crippen LogP contribution in [0.15, 0.2) is 48.5 Å². The molecule has 1 atom stereocenters. The number of nitrogens with zero attached hydrogens (tertiary/aromatic N) is 2. The molecule has 0 aliphatic carbocycles. The number of para-hydroxylation sites is 1. The molecule has 0 aromatic heterocycles. The van der Waals surface area contributed by atoms with E-state index in [0.717, 1.165) is 31.9 Å². The maximum Gasteiger partial charge on any atom is 0.265 e. The van der Waals surface area contributed by atoms with Crippen LogP contribution < -0.4 is 15.0 Å². The van der Waals surface area contributed by atoms with Crippen LogP contribution in [0.3, 0.4) is 0 Å². The molecule has 1 saturated heterocycles. The van der Waals surface area contributed by atoms with Crippen molar-refractivity contribution in [1.29, 1.82) is 0 Å². The number of carbonyl (C=O) groups is 1. The van der Waals surface area contributed by atoms with Gasteiger partial charge in [0, 0.05) is 37.6 Å². The summed E-state index contributed by atoms with van der Waals surface area (Å²) in [5.74, 6) is 0.344. The molecule has 2 aromatic carbocycles. The molecular weight excluding hydrogens is 362 g/mol. The van der Waals surface area contributed by atoms with Gasteiger partial charge in [-0.15, -0.1) is 0 Å². The zero-order valence-corrected chi connectivity index (χ0v) is 16.6. The number of likely N-dealkylation sites (N-methyl/N-ethyl adjacent to an activating group) is 1. The van der Waals surface area contributed by atoms with Gasteiger partial charge in [0.25, 0.3) is 5.91 Å². The molecule has 3 rings (SSSR count). The van der Waals surface area contributed by atoms with Crippen molar-refractivity contribution >= 4 is 28.9 Å². The second-order valence-electron chi connectivity index (χ2n) is 6.77. The summed E-state index contributed by atoms with van der Waals surface area (Å²) in [5, 5.41) is 3.44. The minimum Gasteiger partial charge on any atom is -0.479 e. The normalized spacial score (nSPS) is 16.0. The van der Waals surface area contributed by atoms with Crippen LogP contribution in [0.5, 0.6) is 5.75 Å². The molecule has 1 heterocycles. The second-order valence-corrected chi connectivity index (χ2v) is 7.18. The molecule has 144 valence electrons. The van der Waals surface area contributed by atoms with Crippen LogP contribution in [0.1, 0.15) is 13.3 Å². The van der Waals surface area contributed by atoms with E-state index in [1.165, 1.54) is 5.69 Å². The van der Waals surface area contributed by atoms with E-state index in [-0.39, 0.29) is 5.91 Å². The van der Waals surface area contributed by atoms with Crippen LogP contribution in [-0.2, 0) is 4.79 Å². The van der Waals surface area contributed by atoms with E-state index < -0.39 is 6.10 Å². The van der Waals surface area contributed by atoms with Crippen LogP contribution in [0.25, 0.3) is 0 Å². The standard InChI is InChI=1S/C21H26ClN3O2/c1-3-19(27-20-7-5-4-6-18(20)22)21(26)23-16-8-10-17(11-9-16)25-14-12-24(2)13-15-25/h4-11,19H,3,12-15H2,1-2H3,(H,23,26)/t19-/m0/s1. The Kier molecular flexibility index (Phi) is 6.58. The highest BCUT2D eigenvalue weighted by Gasteiger charge is 2.20. The van der Waals surface area contributed by atoms with Gasteiger partial charge in [-0.1, -0.05) is 30.7 Å². The zero-order valence-electron chi connectivity index (χ0n) is 15.8. The molecule has 1 N–H and O–H groups in total. The number of piperazine rings is 1. The monoisotopic (exact) mass is 387 g/mol. The third-order valence-corrected chi connectivity index (χ3v) is 5.08. The molecule has 0 saturated carbocycles. The number of rotatable bonds is 6. The first-order chi connectivity index (χ1) is 13.1. The number of hydrogen-bond donors (Lipinski definition) is 1. The first-order valence-corrected chi connectivity index (χ1v) is 9.70. The van der Waals surface area contributed by atoms with E-state index in [1.54, 1.807) is 12.1 Å². The van der Waals surface area contributed by atoms with Crippen molar-refractivity contribution in [2.24, 2.45) is 0 Å². The summed E-state index contributed by atoms with van der Waals surface area (Å²) in [4.78, 5) is 17.3. The number of anilines is 2. The lowest BCUT2D eigenvalue weighted by molar-refractivity contribution is -0.122. The lowest BCUT2D eigenvalue weighted by Gasteiger charge is -2.34. The van der Waals surface area contributed by atoms with Crippen molar-refractivity contribution in [3.63, 3.8) is 0 Å². The van der Waals surface area contributed by atoms with Crippen molar-refractivity contribution in [2.75, 3.05) is 43.4 Å². The number of halogens is 1. The number of amides is 1. The fourth-order valence-corrected chi connectivity index (χ4v) is 3.24. The fourth-order valence-electron chi connectivity index (χ4n) is 3.06. The summed E-state index contributed by atoms with van der Waals surface area (Å²) in [6.45, 7) is 6.08. The minimum atomic E-state index is -0.595. The molecular formula is C21H26ClN3O2. The van der Waals surface area contributed by atoms with Crippen molar-refractivity contribution in [3.8, 4) is 5.75 Å². The van der Waals surface area contributed by atoms with Crippen LogP contribution in [-0.4, -0.2) is 50.1 Å². The molecule has 0 unspecified atom stereocenters. The third-order valence-electron chi connectivity index (χ3n) is 4.77. The number of ether oxygens (including phenoxy) is 1. The van der Waals surface area contributed by atoms with Gasteiger partial charge < -0.3 is 19.9 Å². The van der Waals surface area contributed by atoms with Crippen LogP contribution >= 0.6 is 11.6 Å². The Bertz CT molecular complexity index is 758. The molecule has 1 amide bonds. The van der Waals surface area contributed by atoms with Crippen LogP contribution in [0.4, 0.5) is 11.4 Å². The molecule has 0 radical (unpaired) electrons. The highest BCUT2D eigenvalue weighted by atomic mass is 35.5. The predicted molar refractivity (Wildman–Crippen MR) is 111 cm³/mol. The van der Waals surface area contributed by atoms with Crippen molar-refractivity contribution < 1.29 is 9.53 Å². The van der Waals surface area contributed by atoms with Gasteiger partial charge in [-0.3, -0.25) is 4.79 Å².